The molecule has 5 nitrogen and oxygen atoms in total. The number of rotatable bonds is 6. The van der Waals surface area contributed by atoms with E-state index in [2.05, 4.69) is 5.32 Å². The summed E-state index contributed by atoms with van der Waals surface area (Å²) in [6, 6.07) is 7.31. The van der Waals surface area contributed by atoms with Crippen LogP contribution in [0, 0.1) is 0 Å². The van der Waals surface area contributed by atoms with Crippen molar-refractivity contribution in [1.82, 2.24) is 5.32 Å². The third-order valence-corrected chi connectivity index (χ3v) is 2.71. The van der Waals surface area contributed by atoms with Crippen LogP contribution in [0.4, 0.5) is 5.69 Å². The number of amides is 1. The molecule has 0 aromatic heterocycles. The zero-order valence-corrected chi connectivity index (χ0v) is 11.9. The maximum absolute atomic E-state index is 12.0. The Morgan fingerprint density at radius 1 is 1.47 bits per heavy atom. The van der Waals surface area contributed by atoms with Crippen LogP contribution in [0.3, 0.4) is 0 Å². The van der Waals surface area contributed by atoms with Crippen LogP contribution in [0.25, 0.3) is 0 Å². The Balaban J connectivity index is 2.66. The monoisotopic (exact) mass is 266 g/mol. The third kappa shape index (κ3) is 4.89. The van der Waals surface area contributed by atoms with Crippen molar-refractivity contribution < 1.29 is 14.6 Å². The highest BCUT2D eigenvalue weighted by atomic mass is 16.5. The minimum atomic E-state index is -1.07. The number of aliphatic hydroxyl groups is 1. The lowest BCUT2D eigenvalue weighted by molar-refractivity contribution is -0.0147. The number of methoxy groups -OCH3 is 1. The van der Waals surface area contributed by atoms with Gasteiger partial charge in [-0.3, -0.25) is 4.79 Å². The number of carbonyl (C=O) groups is 1. The Labute approximate surface area is 114 Å². The summed E-state index contributed by atoms with van der Waals surface area (Å²) >= 11 is 0. The lowest BCUT2D eigenvalue weighted by Crippen LogP contribution is -2.43. The molecule has 1 unspecified atom stereocenters. The van der Waals surface area contributed by atoms with Gasteiger partial charge in [0.25, 0.3) is 5.91 Å². The first-order valence-corrected chi connectivity index (χ1v) is 6.12. The number of carbonyl (C=O) groups excluding carboxylic acids is 1. The summed E-state index contributed by atoms with van der Waals surface area (Å²) in [5, 5.41) is 12.6. The minimum absolute atomic E-state index is 0.145. The van der Waals surface area contributed by atoms with Crippen LogP contribution >= 0.6 is 0 Å². The molecule has 1 aromatic rings. The average Bonchev–Trinajstić information content (AvgIpc) is 2.36. The van der Waals surface area contributed by atoms with Crippen molar-refractivity contribution in [3.63, 3.8) is 0 Å². The van der Waals surface area contributed by atoms with E-state index in [1.54, 1.807) is 19.1 Å². The van der Waals surface area contributed by atoms with Gasteiger partial charge in [-0.25, -0.2) is 0 Å². The van der Waals surface area contributed by atoms with Crippen molar-refractivity contribution in [1.29, 1.82) is 0 Å². The van der Waals surface area contributed by atoms with Gasteiger partial charge in [0, 0.05) is 39.0 Å². The van der Waals surface area contributed by atoms with Crippen molar-refractivity contribution >= 4 is 11.6 Å². The Hall–Kier alpha value is -1.59. The van der Waals surface area contributed by atoms with Crippen LogP contribution in [-0.4, -0.2) is 51.0 Å². The molecule has 0 radical (unpaired) electrons. The second-order valence-corrected chi connectivity index (χ2v) is 5.06. The fourth-order valence-corrected chi connectivity index (χ4v) is 1.66. The summed E-state index contributed by atoms with van der Waals surface area (Å²) < 4.78 is 4.89. The third-order valence-electron chi connectivity index (χ3n) is 2.71. The molecule has 19 heavy (non-hydrogen) atoms. The Kier molecular flexibility index (Phi) is 5.32. The second kappa shape index (κ2) is 6.54. The molecule has 1 amide bonds. The van der Waals surface area contributed by atoms with Gasteiger partial charge >= 0.3 is 0 Å². The molecule has 0 heterocycles. The number of ether oxygens (including phenoxy) is 1. The first-order chi connectivity index (χ1) is 8.85. The van der Waals surface area contributed by atoms with Gasteiger partial charge in [-0.15, -0.1) is 0 Å². The van der Waals surface area contributed by atoms with Gasteiger partial charge in [-0.2, -0.15) is 0 Å². The topological polar surface area (TPSA) is 61.8 Å². The minimum Gasteiger partial charge on any atom is -0.386 e. The molecular weight excluding hydrogens is 244 g/mol. The van der Waals surface area contributed by atoms with Crippen molar-refractivity contribution in [2.45, 2.75) is 12.5 Å². The number of anilines is 1. The zero-order chi connectivity index (χ0) is 14.5. The first kappa shape index (κ1) is 15.5. The smallest absolute Gasteiger partial charge is 0.251 e. The number of nitrogens with zero attached hydrogens (tertiary/aromatic N) is 1. The molecular formula is C14H22N2O3. The van der Waals surface area contributed by atoms with E-state index in [4.69, 9.17) is 4.74 Å². The molecule has 1 atom stereocenters. The summed E-state index contributed by atoms with van der Waals surface area (Å²) in [5.74, 6) is -0.208. The van der Waals surface area contributed by atoms with Crippen LogP contribution < -0.4 is 10.2 Å². The fourth-order valence-electron chi connectivity index (χ4n) is 1.66. The van der Waals surface area contributed by atoms with Crippen molar-refractivity contribution in [2.24, 2.45) is 0 Å². The van der Waals surface area contributed by atoms with E-state index < -0.39 is 5.60 Å². The summed E-state index contributed by atoms with van der Waals surface area (Å²) in [6.07, 6.45) is 0. The van der Waals surface area contributed by atoms with Crippen molar-refractivity contribution in [2.75, 3.05) is 39.3 Å². The summed E-state index contributed by atoms with van der Waals surface area (Å²) in [6.45, 7) is 1.93. The molecule has 0 saturated carbocycles. The highest BCUT2D eigenvalue weighted by Gasteiger charge is 2.21. The van der Waals surface area contributed by atoms with Gasteiger partial charge in [0.2, 0.25) is 0 Å². The summed E-state index contributed by atoms with van der Waals surface area (Å²) in [4.78, 5) is 13.9. The molecule has 0 aliphatic carbocycles. The molecule has 0 aliphatic heterocycles. The second-order valence-electron chi connectivity index (χ2n) is 5.06. The van der Waals surface area contributed by atoms with Gasteiger partial charge < -0.3 is 20.1 Å². The lowest BCUT2D eigenvalue weighted by atomic mass is 10.1. The maximum atomic E-state index is 12.0. The van der Waals surface area contributed by atoms with Crippen LogP contribution in [0.5, 0.6) is 0 Å². The molecule has 5 heteroatoms. The van der Waals surface area contributed by atoms with Gasteiger partial charge in [-0.05, 0) is 25.1 Å². The van der Waals surface area contributed by atoms with E-state index in [0.717, 1.165) is 5.69 Å². The molecule has 0 fully saturated rings. The van der Waals surface area contributed by atoms with E-state index in [1.165, 1.54) is 7.11 Å². The Morgan fingerprint density at radius 2 is 2.16 bits per heavy atom. The average molecular weight is 266 g/mol. The molecule has 106 valence electrons. The SMILES string of the molecule is COCC(C)(O)CNC(=O)c1cccc(N(C)C)c1. The summed E-state index contributed by atoms with van der Waals surface area (Å²) in [7, 11) is 5.34. The van der Waals surface area contributed by atoms with E-state index >= 15 is 0 Å². The normalized spacial score (nSPS) is 13.7. The van der Waals surface area contributed by atoms with Crippen molar-refractivity contribution in [3.05, 3.63) is 29.8 Å². The molecule has 2 N–H and O–H groups in total. The van der Waals surface area contributed by atoms with Crippen LogP contribution in [0.15, 0.2) is 24.3 Å². The molecule has 1 aromatic carbocycles. The van der Waals surface area contributed by atoms with Crippen LogP contribution in [0.1, 0.15) is 17.3 Å². The number of nitrogens with one attached hydrogen (secondary N) is 1. The fraction of sp³-hybridized carbons (Fsp3) is 0.500. The maximum Gasteiger partial charge on any atom is 0.251 e. The number of hydrogen-bond acceptors (Lipinski definition) is 4. The van der Waals surface area contributed by atoms with E-state index in [-0.39, 0.29) is 19.1 Å². The standard InChI is InChI=1S/C14H22N2O3/c1-14(18,10-19-4)9-15-13(17)11-6-5-7-12(8-11)16(2)3/h5-8,18H,9-10H2,1-4H3,(H,15,17). The zero-order valence-electron chi connectivity index (χ0n) is 11.9. The predicted molar refractivity (Wildman–Crippen MR) is 75.6 cm³/mol. The van der Waals surface area contributed by atoms with E-state index in [0.29, 0.717) is 5.56 Å². The molecule has 0 bridgehead atoms. The highest BCUT2D eigenvalue weighted by Crippen LogP contribution is 2.13. The largest absolute Gasteiger partial charge is 0.386 e. The molecule has 0 spiro atoms. The van der Waals surface area contributed by atoms with Gasteiger partial charge in [0.05, 0.1) is 6.61 Å². The quantitative estimate of drug-likeness (QED) is 0.802. The van der Waals surface area contributed by atoms with E-state index in [1.807, 2.05) is 31.1 Å². The van der Waals surface area contributed by atoms with E-state index in [9.17, 15) is 9.90 Å². The number of hydrogen-bond donors (Lipinski definition) is 2. The Bertz CT molecular complexity index is 430. The lowest BCUT2D eigenvalue weighted by Gasteiger charge is -2.22. The Morgan fingerprint density at radius 3 is 2.74 bits per heavy atom. The van der Waals surface area contributed by atoms with Gasteiger partial charge in [0.15, 0.2) is 0 Å². The van der Waals surface area contributed by atoms with Gasteiger partial charge in [-0.1, -0.05) is 6.07 Å². The highest BCUT2D eigenvalue weighted by molar-refractivity contribution is 5.95. The number of benzene rings is 1. The van der Waals surface area contributed by atoms with Gasteiger partial charge in [0.1, 0.15) is 5.60 Å². The summed E-state index contributed by atoms with van der Waals surface area (Å²) in [5.41, 5.74) is 0.458. The molecule has 0 saturated heterocycles. The predicted octanol–water partition coefficient (Wildman–Crippen LogP) is 0.880. The molecule has 0 aliphatic rings. The first-order valence-electron chi connectivity index (χ1n) is 6.12. The van der Waals surface area contributed by atoms with Crippen molar-refractivity contribution in [3.8, 4) is 0 Å². The molecule has 1 rings (SSSR count). The van der Waals surface area contributed by atoms with Crippen LogP contribution in [-0.2, 0) is 4.74 Å². The van der Waals surface area contributed by atoms with Crippen LogP contribution in [0.2, 0.25) is 0 Å².